The minimum absolute atomic E-state index is 0.147. The number of rotatable bonds is 6. The zero-order chi connectivity index (χ0) is 12.9. The molecule has 0 aromatic heterocycles. The molecular formula is C13H28N2O2. The fraction of sp³-hybridized carbons (Fsp3) is 1.00. The average molecular weight is 244 g/mol. The van der Waals surface area contributed by atoms with E-state index in [1.54, 1.807) is 7.11 Å². The van der Waals surface area contributed by atoms with Crippen LogP contribution in [-0.4, -0.2) is 63.0 Å². The zero-order valence-electron chi connectivity index (χ0n) is 12.0. The first kappa shape index (κ1) is 14.9. The second-order valence-corrected chi connectivity index (χ2v) is 5.28. The van der Waals surface area contributed by atoms with Crippen molar-refractivity contribution in [1.82, 2.24) is 10.2 Å². The molecule has 0 amide bonds. The maximum atomic E-state index is 5.58. The smallest absolute Gasteiger partial charge is 0.0787 e. The summed E-state index contributed by atoms with van der Waals surface area (Å²) in [6.07, 6.45) is 1.14. The van der Waals surface area contributed by atoms with Crippen molar-refractivity contribution in [3.05, 3.63) is 0 Å². The maximum absolute atomic E-state index is 5.58. The lowest BCUT2D eigenvalue weighted by atomic mass is 9.97. The summed E-state index contributed by atoms with van der Waals surface area (Å²) in [5, 5.41) is 3.38. The quantitative estimate of drug-likeness (QED) is 0.759. The van der Waals surface area contributed by atoms with Crippen LogP contribution < -0.4 is 5.32 Å². The molecule has 1 aliphatic rings. The molecule has 1 fully saturated rings. The Balaban J connectivity index is 2.60. The molecule has 102 valence electrons. The summed E-state index contributed by atoms with van der Waals surface area (Å²) in [4.78, 5) is 2.52. The molecule has 0 aromatic rings. The van der Waals surface area contributed by atoms with Crippen molar-refractivity contribution >= 4 is 0 Å². The summed E-state index contributed by atoms with van der Waals surface area (Å²) >= 11 is 0. The van der Waals surface area contributed by atoms with Gasteiger partial charge >= 0.3 is 0 Å². The summed E-state index contributed by atoms with van der Waals surface area (Å²) < 4.78 is 11.1. The number of hydrogen-bond acceptors (Lipinski definition) is 4. The van der Waals surface area contributed by atoms with Gasteiger partial charge in [-0.2, -0.15) is 0 Å². The van der Waals surface area contributed by atoms with Gasteiger partial charge in [-0.3, -0.25) is 4.90 Å². The predicted molar refractivity (Wildman–Crippen MR) is 70.4 cm³/mol. The Morgan fingerprint density at radius 3 is 2.76 bits per heavy atom. The van der Waals surface area contributed by atoms with Gasteiger partial charge in [-0.25, -0.2) is 0 Å². The van der Waals surface area contributed by atoms with E-state index in [1.165, 1.54) is 0 Å². The van der Waals surface area contributed by atoms with E-state index in [0.717, 1.165) is 32.7 Å². The number of hydrogen-bond donors (Lipinski definition) is 1. The van der Waals surface area contributed by atoms with Crippen LogP contribution in [0.1, 0.15) is 27.2 Å². The molecule has 4 nitrogen and oxygen atoms in total. The van der Waals surface area contributed by atoms with Crippen LogP contribution in [0.3, 0.4) is 0 Å². The van der Waals surface area contributed by atoms with E-state index in [0.29, 0.717) is 12.1 Å². The van der Waals surface area contributed by atoms with E-state index >= 15 is 0 Å². The van der Waals surface area contributed by atoms with Crippen molar-refractivity contribution in [1.29, 1.82) is 0 Å². The van der Waals surface area contributed by atoms with Crippen molar-refractivity contribution in [2.75, 3.05) is 40.5 Å². The van der Waals surface area contributed by atoms with Crippen molar-refractivity contribution in [2.45, 2.75) is 44.9 Å². The molecule has 1 saturated heterocycles. The fourth-order valence-electron chi connectivity index (χ4n) is 2.34. The maximum Gasteiger partial charge on any atom is 0.0787 e. The Kier molecular flexibility index (Phi) is 5.86. The lowest BCUT2D eigenvalue weighted by Crippen LogP contribution is -2.57. The van der Waals surface area contributed by atoms with Crippen LogP contribution in [-0.2, 0) is 9.47 Å². The molecule has 0 aromatic carbocycles. The van der Waals surface area contributed by atoms with Gasteiger partial charge in [-0.05, 0) is 27.3 Å². The molecular weight excluding hydrogens is 216 g/mol. The van der Waals surface area contributed by atoms with Crippen LogP contribution in [0.5, 0.6) is 0 Å². The lowest BCUT2D eigenvalue weighted by molar-refractivity contribution is -0.0490. The van der Waals surface area contributed by atoms with Crippen LogP contribution >= 0.6 is 0 Å². The number of ether oxygens (including phenoxy) is 2. The van der Waals surface area contributed by atoms with E-state index in [2.05, 4.69) is 31.0 Å². The molecule has 0 radical (unpaired) electrons. The third-order valence-electron chi connectivity index (χ3n) is 3.95. The Morgan fingerprint density at radius 2 is 2.24 bits per heavy atom. The van der Waals surface area contributed by atoms with Gasteiger partial charge in [0.05, 0.1) is 18.8 Å². The van der Waals surface area contributed by atoms with Gasteiger partial charge < -0.3 is 14.8 Å². The Hall–Kier alpha value is -0.160. The first-order valence-corrected chi connectivity index (χ1v) is 6.59. The van der Waals surface area contributed by atoms with E-state index in [-0.39, 0.29) is 5.60 Å². The summed E-state index contributed by atoms with van der Waals surface area (Å²) in [6, 6.07) is 0.881. The predicted octanol–water partition coefficient (Wildman–Crippen LogP) is 1.11. The molecule has 0 aliphatic carbocycles. The lowest BCUT2D eigenvalue weighted by Gasteiger charge is -2.41. The van der Waals surface area contributed by atoms with Gasteiger partial charge in [0.15, 0.2) is 0 Å². The van der Waals surface area contributed by atoms with Crippen molar-refractivity contribution in [3.8, 4) is 0 Å². The van der Waals surface area contributed by atoms with Gasteiger partial charge in [0, 0.05) is 32.3 Å². The van der Waals surface area contributed by atoms with Crippen LogP contribution in [0, 0.1) is 0 Å². The minimum atomic E-state index is -0.147. The molecule has 1 heterocycles. The Bertz CT molecular complexity index is 221. The molecule has 1 rings (SSSR count). The number of nitrogens with one attached hydrogen (secondary N) is 1. The molecule has 1 N–H and O–H groups in total. The summed E-state index contributed by atoms with van der Waals surface area (Å²) in [7, 11) is 3.79. The van der Waals surface area contributed by atoms with Crippen LogP contribution in [0.25, 0.3) is 0 Å². The van der Waals surface area contributed by atoms with E-state index in [4.69, 9.17) is 9.47 Å². The summed E-state index contributed by atoms with van der Waals surface area (Å²) in [6.45, 7) is 10.2. The topological polar surface area (TPSA) is 33.7 Å². The average Bonchev–Trinajstić information content (AvgIpc) is 2.36. The molecule has 0 saturated carbocycles. The van der Waals surface area contributed by atoms with Gasteiger partial charge in [-0.1, -0.05) is 6.92 Å². The van der Waals surface area contributed by atoms with Crippen molar-refractivity contribution in [2.24, 2.45) is 0 Å². The summed E-state index contributed by atoms with van der Waals surface area (Å²) in [5.41, 5.74) is -0.147. The van der Waals surface area contributed by atoms with Crippen LogP contribution in [0.15, 0.2) is 0 Å². The first-order chi connectivity index (χ1) is 8.05. The number of methoxy groups -OCH3 is 1. The van der Waals surface area contributed by atoms with Gasteiger partial charge in [0.1, 0.15) is 0 Å². The SMILES string of the molecule is CCC1COCCN1CC(NC)C(C)(C)OC. The molecule has 0 bridgehead atoms. The van der Waals surface area contributed by atoms with Crippen molar-refractivity contribution < 1.29 is 9.47 Å². The van der Waals surface area contributed by atoms with E-state index in [1.807, 2.05) is 7.05 Å². The minimum Gasteiger partial charge on any atom is -0.378 e. The van der Waals surface area contributed by atoms with E-state index in [9.17, 15) is 0 Å². The third kappa shape index (κ3) is 3.91. The molecule has 2 atom stereocenters. The molecule has 1 aliphatic heterocycles. The van der Waals surface area contributed by atoms with Crippen LogP contribution in [0.2, 0.25) is 0 Å². The fourth-order valence-corrected chi connectivity index (χ4v) is 2.34. The highest BCUT2D eigenvalue weighted by molar-refractivity contribution is 4.89. The van der Waals surface area contributed by atoms with Gasteiger partial charge in [0.2, 0.25) is 0 Å². The zero-order valence-corrected chi connectivity index (χ0v) is 12.0. The molecule has 0 spiro atoms. The molecule has 4 heteroatoms. The standard InChI is InChI=1S/C13H28N2O2/c1-6-11-10-17-8-7-15(11)9-12(14-4)13(2,3)16-5/h11-12,14H,6-10H2,1-5H3. The normalized spacial score (nSPS) is 24.9. The van der Waals surface area contributed by atoms with Crippen molar-refractivity contribution in [3.63, 3.8) is 0 Å². The number of likely N-dealkylation sites (N-methyl/N-ethyl adjacent to an activating group) is 1. The first-order valence-electron chi connectivity index (χ1n) is 6.59. The summed E-state index contributed by atoms with van der Waals surface area (Å²) in [5.74, 6) is 0. The Labute approximate surface area is 106 Å². The third-order valence-corrected chi connectivity index (χ3v) is 3.95. The number of nitrogens with zero attached hydrogens (tertiary/aromatic N) is 1. The largest absolute Gasteiger partial charge is 0.378 e. The Morgan fingerprint density at radius 1 is 1.53 bits per heavy atom. The molecule has 2 unspecified atom stereocenters. The molecule has 17 heavy (non-hydrogen) atoms. The van der Waals surface area contributed by atoms with E-state index < -0.39 is 0 Å². The van der Waals surface area contributed by atoms with Gasteiger partial charge in [0.25, 0.3) is 0 Å². The highest BCUT2D eigenvalue weighted by atomic mass is 16.5. The monoisotopic (exact) mass is 244 g/mol. The van der Waals surface area contributed by atoms with Gasteiger partial charge in [-0.15, -0.1) is 0 Å². The second kappa shape index (κ2) is 6.69. The van der Waals surface area contributed by atoms with Crippen LogP contribution in [0.4, 0.5) is 0 Å². The number of morpholine rings is 1. The highest BCUT2D eigenvalue weighted by Gasteiger charge is 2.32. The second-order valence-electron chi connectivity index (χ2n) is 5.28. The highest BCUT2D eigenvalue weighted by Crippen LogP contribution is 2.18.